The van der Waals surface area contributed by atoms with Crippen molar-refractivity contribution < 1.29 is 10.2 Å². The fourth-order valence-corrected chi connectivity index (χ4v) is 2.28. The van der Waals surface area contributed by atoms with Gasteiger partial charge in [-0.25, -0.2) is 10.1 Å². The molecule has 0 saturated heterocycles. The first-order valence-corrected chi connectivity index (χ1v) is 5.70. The van der Waals surface area contributed by atoms with Crippen LogP contribution in [0.2, 0.25) is 0 Å². The van der Waals surface area contributed by atoms with E-state index in [4.69, 9.17) is 5.73 Å². The SMILES string of the molecule is CC1(C)CC1([O])Cn1cnc2c(O)nc(N)nc21. The molecule has 1 atom stereocenters. The van der Waals surface area contributed by atoms with Gasteiger partial charge < -0.3 is 15.4 Å². The van der Waals surface area contributed by atoms with Crippen LogP contribution in [0.3, 0.4) is 0 Å². The summed E-state index contributed by atoms with van der Waals surface area (Å²) in [5.41, 5.74) is 4.93. The molecular formula is C11H14N5O2. The van der Waals surface area contributed by atoms with Gasteiger partial charge in [-0.05, 0) is 6.42 Å². The van der Waals surface area contributed by atoms with Crippen molar-refractivity contribution in [1.29, 1.82) is 0 Å². The summed E-state index contributed by atoms with van der Waals surface area (Å²) in [7, 11) is 0. The van der Waals surface area contributed by atoms with Crippen LogP contribution in [0, 0.1) is 5.41 Å². The Balaban J connectivity index is 2.04. The van der Waals surface area contributed by atoms with Crippen LogP contribution in [0.15, 0.2) is 6.33 Å². The van der Waals surface area contributed by atoms with Crippen LogP contribution in [0.25, 0.3) is 11.2 Å². The van der Waals surface area contributed by atoms with Gasteiger partial charge in [-0.3, -0.25) is 0 Å². The largest absolute Gasteiger partial charge is 0.492 e. The fourth-order valence-electron chi connectivity index (χ4n) is 2.28. The Morgan fingerprint density at radius 1 is 1.50 bits per heavy atom. The zero-order valence-corrected chi connectivity index (χ0v) is 10.2. The molecule has 2 aromatic heterocycles. The topological polar surface area (TPSA) is 110 Å². The van der Waals surface area contributed by atoms with Gasteiger partial charge in [0.25, 0.3) is 0 Å². The molecule has 1 radical (unpaired) electrons. The summed E-state index contributed by atoms with van der Waals surface area (Å²) in [6.45, 7) is 4.16. The van der Waals surface area contributed by atoms with Gasteiger partial charge >= 0.3 is 0 Å². The summed E-state index contributed by atoms with van der Waals surface area (Å²) in [4.78, 5) is 11.7. The molecule has 1 aliphatic rings. The van der Waals surface area contributed by atoms with E-state index in [1.54, 1.807) is 4.57 Å². The summed E-state index contributed by atoms with van der Waals surface area (Å²) in [5.74, 6) is -0.289. The summed E-state index contributed by atoms with van der Waals surface area (Å²) in [6.07, 6.45) is 2.11. The molecule has 0 bridgehead atoms. The van der Waals surface area contributed by atoms with Gasteiger partial charge in [0.15, 0.2) is 11.2 Å². The Morgan fingerprint density at radius 3 is 2.78 bits per heavy atom. The number of aromatic hydroxyl groups is 1. The third-order valence-electron chi connectivity index (χ3n) is 3.72. The summed E-state index contributed by atoms with van der Waals surface area (Å²) >= 11 is 0. The number of aromatic nitrogens is 4. The molecule has 1 saturated carbocycles. The molecule has 7 heteroatoms. The normalized spacial score (nSPS) is 25.5. The lowest BCUT2D eigenvalue weighted by molar-refractivity contribution is 0.0179. The third kappa shape index (κ3) is 1.43. The predicted molar refractivity (Wildman–Crippen MR) is 63.2 cm³/mol. The van der Waals surface area contributed by atoms with Gasteiger partial charge in [0.2, 0.25) is 11.8 Å². The van der Waals surface area contributed by atoms with Crippen molar-refractivity contribution in [3.63, 3.8) is 0 Å². The van der Waals surface area contributed by atoms with E-state index < -0.39 is 5.60 Å². The monoisotopic (exact) mass is 248 g/mol. The van der Waals surface area contributed by atoms with E-state index in [2.05, 4.69) is 15.0 Å². The second kappa shape index (κ2) is 3.11. The number of nitrogen functional groups attached to an aromatic ring is 1. The average Bonchev–Trinajstić information content (AvgIpc) is 2.56. The van der Waals surface area contributed by atoms with Crippen molar-refractivity contribution in [3.05, 3.63) is 6.33 Å². The minimum Gasteiger partial charge on any atom is -0.492 e. The zero-order chi connectivity index (χ0) is 13.1. The molecule has 2 heterocycles. The molecule has 7 nitrogen and oxygen atoms in total. The number of fused-ring (bicyclic) bond motifs is 1. The molecule has 0 amide bonds. The molecular weight excluding hydrogens is 234 g/mol. The lowest BCUT2D eigenvalue weighted by Crippen LogP contribution is -2.21. The van der Waals surface area contributed by atoms with Crippen molar-refractivity contribution in [2.45, 2.75) is 32.4 Å². The Bertz CT molecular complexity index is 636. The lowest BCUT2D eigenvalue weighted by atomic mass is 10.1. The van der Waals surface area contributed by atoms with E-state index in [0.29, 0.717) is 12.1 Å². The first-order chi connectivity index (χ1) is 8.32. The van der Waals surface area contributed by atoms with Gasteiger partial charge in [-0.1, -0.05) is 13.8 Å². The van der Waals surface area contributed by atoms with Crippen LogP contribution < -0.4 is 5.73 Å². The first kappa shape index (κ1) is 11.2. The number of nitrogens with zero attached hydrogens (tertiary/aromatic N) is 4. The second-order valence-corrected chi connectivity index (χ2v) is 5.51. The van der Waals surface area contributed by atoms with Crippen LogP contribution >= 0.6 is 0 Å². The number of nitrogens with two attached hydrogens (primary N) is 1. The standard InChI is InChI=1S/C11H14N5O2/c1-10(2)3-11(10,18)4-16-5-13-6-7(16)14-9(12)15-8(6)17/h5H,3-4H2,1-2H3,(H3,12,14,15,17). The highest BCUT2D eigenvalue weighted by Gasteiger charge is 2.62. The summed E-state index contributed by atoms with van der Waals surface area (Å²) in [6, 6.07) is 0. The Hall–Kier alpha value is -1.89. The van der Waals surface area contributed by atoms with Crippen molar-refractivity contribution in [2.24, 2.45) is 5.41 Å². The van der Waals surface area contributed by atoms with Gasteiger partial charge in [-0.2, -0.15) is 9.97 Å². The molecule has 0 aliphatic heterocycles. The van der Waals surface area contributed by atoms with Gasteiger partial charge in [-0.15, -0.1) is 0 Å². The lowest BCUT2D eigenvalue weighted by Gasteiger charge is -2.12. The van der Waals surface area contributed by atoms with Gasteiger partial charge in [0, 0.05) is 5.41 Å². The van der Waals surface area contributed by atoms with E-state index in [-0.39, 0.29) is 29.3 Å². The molecule has 0 spiro atoms. The molecule has 3 N–H and O–H groups in total. The summed E-state index contributed by atoms with van der Waals surface area (Å²) < 4.78 is 1.63. The molecule has 2 aromatic rings. The maximum atomic E-state index is 12.4. The molecule has 18 heavy (non-hydrogen) atoms. The van der Waals surface area contributed by atoms with E-state index >= 15 is 0 Å². The molecule has 1 unspecified atom stereocenters. The van der Waals surface area contributed by atoms with Crippen LogP contribution in [0.1, 0.15) is 20.3 Å². The van der Waals surface area contributed by atoms with Crippen molar-refractivity contribution in [1.82, 2.24) is 19.5 Å². The van der Waals surface area contributed by atoms with Crippen molar-refractivity contribution in [2.75, 3.05) is 5.73 Å². The smallest absolute Gasteiger partial charge is 0.244 e. The molecule has 95 valence electrons. The van der Waals surface area contributed by atoms with Crippen LogP contribution in [-0.2, 0) is 11.7 Å². The first-order valence-electron chi connectivity index (χ1n) is 5.70. The van der Waals surface area contributed by atoms with Gasteiger partial charge in [0.05, 0.1) is 12.9 Å². The Kier molecular flexibility index (Phi) is 1.94. The predicted octanol–water partition coefficient (Wildman–Crippen LogP) is 0.713. The van der Waals surface area contributed by atoms with Gasteiger partial charge in [0.1, 0.15) is 5.60 Å². The fraction of sp³-hybridized carbons (Fsp3) is 0.545. The van der Waals surface area contributed by atoms with E-state index in [1.807, 2.05) is 13.8 Å². The second-order valence-electron chi connectivity index (χ2n) is 5.51. The Labute approximate surface area is 103 Å². The van der Waals surface area contributed by atoms with Crippen LogP contribution in [0.5, 0.6) is 5.88 Å². The van der Waals surface area contributed by atoms with Crippen LogP contribution in [-0.4, -0.2) is 30.2 Å². The van der Waals surface area contributed by atoms with Crippen molar-refractivity contribution >= 4 is 17.1 Å². The maximum Gasteiger partial charge on any atom is 0.244 e. The zero-order valence-electron chi connectivity index (χ0n) is 10.2. The summed E-state index contributed by atoms with van der Waals surface area (Å²) in [5, 5.41) is 22.0. The van der Waals surface area contributed by atoms with E-state index in [9.17, 15) is 10.2 Å². The molecule has 3 rings (SSSR count). The highest BCUT2D eigenvalue weighted by molar-refractivity contribution is 5.77. The molecule has 0 aromatic carbocycles. The minimum atomic E-state index is -1.00. The minimum absolute atomic E-state index is 0.0308. The van der Waals surface area contributed by atoms with E-state index in [0.717, 1.165) is 0 Å². The maximum absolute atomic E-state index is 12.4. The number of anilines is 1. The highest BCUT2D eigenvalue weighted by Crippen LogP contribution is 2.57. The third-order valence-corrected chi connectivity index (χ3v) is 3.72. The number of hydrogen-bond donors (Lipinski definition) is 2. The molecule has 1 fully saturated rings. The Morgan fingerprint density at radius 2 is 2.17 bits per heavy atom. The number of imidazole rings is 1. The molecule has 1 aliphatic carbocycles. The quantitative estimate of drug-likeness (QED) is 0.813. The van der Waals surface area contributed by atoms with Crippen LogP contribution in [0.4, 0.5) is 5.95 Å². The number of hydrogen-bond acceptors (Lipinski definition) is 5. The highest BCUT2D eigenvalue weighted by atomic mass is 16.3. The number of rotatable bonds is 2. The van der Waals surface area contributed by atoms with E-state index in [1.165, 1.54) is 6.33 Å². The average molecular weight is 248 g/mol. The van der Waals surface area contributed by atoms with Crippen molar-refractivity contribution in [3.8, 4) is 5.88 Å².